The average Bonchev–Trinajstić information content (AvgIpc) is 2.70. The molecular weight excluding hydrogens is 180 g/mol. The Hall–Kier alpha value is 0. The van der Waals surface area contributed by atoms with Crippen molar-refractivity contribution in [1.29, 1.82) is 0 Å². The Kier molecular flexibility index (Phi) is 4.26. The summed E-state index contributed by atoms with van der Waals surface area (Å²) >= 11 is 0. The summed E-state index contributed by atoms with van der Waals surface area (Å²) in [5.74, 6) is 5.66. The normalized spacial score (nSPS) is 47.4. The third-order valence-electron chi connectivity index (χ3n) is 5.33. The fourth-order valence-electron chi connectivity index (χ4n) is 4.56. The number of hydrogen-bond donors (Lipinski definition) is 0. The predicted octanol–water partition coefficient (Wildman–Crippen LogP) is 5.13. The molecule has 0 nitrogen and oxygen atoms in total. The van der Waals surface area contributed by atoms with Crippen molar-refractivity contribution in [2.24, 2.45) is 29.6 Å². The summed E-state index contributed by atoms with van der Waals surface area (Å²) in [5, 5.41) is 0. The number of hydrogen-bond acceptors (Lipinski definition) is 0. The van der Waals surface area contributed by atoms with Crippen LogP contribution < -0.4 is 0 Å². The molecule has 0 heteroatoms. The second kappa shape index (κ2) is 4.89. The second-order valence-electron chi connectivity index (χ2n) is 5.90. The molecule has 0 amide bonds. The first-order valence-corrected chi connectivity index (χ1v) is 6.34. The Labute approximate surface area is 96.8 Å². The molecule has 0 aliphatic heterocycles. The molecule has 0 aromatic carbocycles. The van der Waals surface area contributed by atoms with E-state index in [-0.39, 0.29) is 14.9 Å². The van der Waals surface area contributed by atoms with Crippen molar-refractivity contribution in [3.63, 3.8) is 0 Å². The molecule has 0 saturated heterocycles. The Balaban J connectivity index is 0.000000562. The van der Waals surface area contributed by atoms with E-state index in [1.165, 1.54) is 6.42 Å². The maximum Gasteiger partial charge on any atom is -0.0357 e. The fraction of sp³-hybridized carbons (Fsp3) is 1.00. The monoisotopic (exact) mass is 210 g/mol. The molecule has 0 aromatic rings. The topological polar surface area (TPSA) is 0 Å². The van der Waals surface area contributed by atoms with E-state index in [1.54, 1.807) is 38.5 Å². The van der Waals surface area contributed by atoms with Gasteiger partial charge in [-0.25, -0.2) is 0 Å². The molecule has 3 fully saturated rings. The van der Waals surface area contributed by atoms with Gasteiger partial charge in [0.2, 0.25) is 0 Å². The van der Waals surface area contributed by atoms with Crippen LogP contribution in [0.15, 0.2) is 0 Å². The van der Waals surface area contributed by atoms with Crippen LogP contribution in [0.25, 0.3) is 0 Å². The van der Waals surface area contributed by atoms with Gasteiger partial charge in [0.15, 0.2) is 0 Å². The summed E-state index contributed by atoms with van der Waals surface area (Å²) in [4.78, 5) is 0. The molecule has 0 heterocycles. The molecule has 90 valence electrons. The minimum absolute atomic E-state index is 0. The Morgan fingerprint density at radius 3 is 2.13 bits per heavy atom. The highest BCUT2D eigenvalue weighted by molar-refractivity contribution is 4.94. The van der Waals surface area contributed by atoms with Crippen LogP contribution in [0.1, 0.15) is 66.7 Å². The van der Waals surface area contributed by atoms with Crippen LogP contribution in [0, 0.1) is 29.6 Å². The molecule has 15 heavy (non-hydrogen) atoms. The van der Waals surface area contributed by atoms with Crippen molar-refractivity contribution in [3.8, 4) is 0 Å². The lowest BCUT2D eigenvalue weighted by molar-refractivity contribution is 0.135. The minimum Gasteiger partial charge on any atom is -0.0776 e. The van der Waals surface area contributed by atoms with E-state index in [0.29, 0.717) is 0 Å². The highest BCUT2D eigenvalue weighted by Crippen LogP contribution is 2.53. The summed E-state index contributed by atoms with van der Waals surface area (Å²) in [7, 11) is 0. The van der Waals surface area contributed by atoms with E-state index in [1.807, 2.05) is 0 Å². The highest BCUT2D eigenvalue weighted by atomic mass is 14.5. The zero-order chi connectivity index (χ0) is 8.84. The van der Waals surface area contributed by atoms with E-state index in [2.05, 4.69) is 6.92 Å². The molecule has 0 aromatic heterocycles. The lowest BCUT2D eigenvalue weighted by atomic mass is 9.69. The van der Waals surface area contributed by atoms with E-state index in [0.717, 1.165) is 29.6 Å². The molecule has 5 atom stereocenters. The van der Waals surface area contributed by atoms with Gasteiger partial charge in [-0.15, -0.1) is 0 Å². The van der Waals surface area contributed by atoms with Gasteiger partial charge in [0.25, 0.3) is 0 Å². The summed E-state index contributed by atoms with van der Waals surface area (Å²) in [6, 6.07) is 0. The first kappa shape index (κ1) is 13.1. The summed E-state index contributed by atoms with van der Waals surface area (Å²) < 4.78 is 0. The lowest BCUT2D eigenvalue weighted by Crippen LogP contribution is -2.28. The van der Waals surface area contributed by atoms with Crippen molar-refractivity contribution in [1.82, 2.24) is 0 Å². The van der Waals surface area contributed by atoms with Gasteiger partial charge in [-0.05, 0) is 48.9 Å². The van der Waals surface area contributed by atoms with Crippen molar-refractivity contribution in [2.75, 3.05) is 0 Å². The first-order chi connectivity index (χ1) is 6.34. The average molecular weight is 210 g/mol. The van der Waals surface area contributed by atoms with Crippen LogP contribution in [0.3, 0.4) is 0 Å². The predicted molar refractivity (Wildman–Crippen MR) is 68.9 cm³/mol. The van der Waals surface area contributed by atoms with E-state index in [4.69, 9.17) is 0 Å². The summed E-state index contributed by atoms with van der Waals surface area (Å²) in [6.45, 7) is 2.50. The number of fused-ring (bicyclic) bond motifs is 2. The van der Waals surface area contributed by atoms with Crippen LogP contribution in [0.2, 0.25) is 0 Å². The van der Waals surface area contributed by atoms with Crippen molar-refractivity contribution < 1.29 is 0 Å². The largest absolute Gasteiger partial charge is 0.0776 e. The standard InChI is InChI=1S/C13H22.2CH4/c1-9-5-6-12-7-10-3-2-4-11(10)8-13(9)12;;/h9-13H,2-8H2,1H3;2*1H4. The van der Waals surface area contributed by atoms with Gasteiger partial charge in [0.05, 0.1) is 0 Å². The minimum atomic E-state index is 0. The fourth-order valence-corrected chi connectivity index (χ4v) is 4.56. The van der Waals surface area contributed by atoms with Gasteiger partial charge in [0, 0.05) is 0 Å². The van der Waals surface area contributed by atoms with Crippen LogP contribution >= 0.6 is 0 Å². The third-order valence-corrected chi connectivity index (χ3v) is 5.33. The molecule has 3 aliphatic carbocycles. The smallest absolute Gasteiger partial charge is 0.0357 e. The lowest BCUT2D eigenvalue weighted by Gasteiger charge is -2.36. The van der Waals surface area contributed by atoms with Crippen molar-refractivity contribution in [3.05, 3.63) is 0 Å². The molecule has 3 saturated carbocycles. The second-order valence-corrected chi connectivity index (χ2v) is 5.90. The van der Waals surface area contributed by atoms with Gasteiger partial charge in [0.1, 0.15) is 0 Å². The summed E-state index contributed by atoms with van der Waals surface area (Å²) in [5.41, 5.74) is 0. The van der Waals surface area contributed by atoms with E-state index < -0.39 is 0 Å². The van der Waals surface area contributed by atoms with Crippen LogP contribution in [0.4, 0.5) is 0 Å². The molecule has 0 N–H and O–H groups in total. The van der Waals surface area contributed by atoms with Crippen LogP contribution in [-0.2, 0) is 0 Å². The van der Waals surface area contributed by atoms with Gasteiger partial charge >= 0.3 is 0 Å². The molecule has 3 rings (SSSR count). The van der Waals surface area contributed by atoms with Gasteiger partial charge in [-0.2, -0.15) is 0 Å². The van der Waals surface area contributed by atoms with Crippen molar-refractivity contribution in [2.45, 2.75) is 66.7 Å². The van der Waals surface area contributed by atoms with Gasteiger partial charge < -0.3 is 0 Å². The van der Waals surface area contributed by atoms with E-state index >= 15 is 0 Å². The maximum atomic E-state index is 2.50. The maximum absolute atomic E-state index is 2.50. The van der Waals surface area contributed by atoms with E-state index in [9.17, 15) is 0 Å². The SMILES string of the molecule is C.C.CC1CCC2CC3CCCC3CC12. The number of rotatable bonds is 0. The van der Waals surface area contributed by atoms with Crippen molar-refractivity contribution >= 4 is 0 Å². The first-order valence-electron chi connectivity index (χ1n) is 6.34. The zero-order valence-electron chi connectivity index (χ0n) is 8.84. The van der Waals surface area contributed by atoms with Gasteiger partial charge in [-0.3, -0.25) is 0 Å². The third kappa shape index (κ3) is 2.10. The van der Waals surface area contributed by atoms with Crippen LogP contribution in [0.5, 0.6) is 0 Å². The summed E-state index contributed by atoms with van der Waals surface area (Å²) in [6.07, 6.45) is 11.0. The molecule has 0 radical (unpaired) electrons. The Morgan fingerprint density at radius 1 is 0.733 bits per heavy atom. The Morgan fingerprint density at radius 2 is 1.40 bits per heavy atom. The molecule has 0 spiro atoms. The molecular formula is C15H30. The Bertz CT molecular complexity index is 196. The quantitative estimate of drug-likeness (QED) is 0.520. The van der Waals surface area contributed by atoms with Gasteiger partial charge in [-0.1, -0.05) is 47.5 Å². The molecule has 0 bridgehead atoms. The van der Waals surface area contributed by atoms with Crippen LogP contribution in [-0.4, -0.2) is 0 Å². The molecule has 5 unspecified atom stereocenters. The molecule has 3 aliphatic rings. The highest BCUT2D eigenvalue weighted by Gasteiger charge is 2.43. The zero-order valence-corrected chi connectivity index (χ0v) is 8.84.